The summed E-state index contributed by atoms with van der Waals surface area (Å²) in [5.41, 5.74) is 1.18. The van der Waals surface area contributed by atoms with Gasteiger partial charge >= 0.3 is 0 Å². The number of hydrogen-bond acceptors (Lipinski definition) is 6. The first kappa shape index (κ1) is 18.8. The molecule has 3 heterocycles. The van der Waals surface area contributed by atoms with E-state index in [-0.39, 0.29) is 17.7 Å². The van der Waals surface area contributed by atoms with Gasteiger partial charge < -0.3 is 9.72 Å². The maximum absolute atomic E-state index is 12.6. The fraction of sp³-hybridized carbons (Fsp3) is 0.455. The van der Waals surface area contributed by atoms with Crippen LogP contribution in [-0.2, 0) is 0 Å². The number of nitrogens with zero attached hydrogens (tertiary/aromatic N) is 5. The summed E-state index contributed by atoms with van der Waals surface area (Å²) in [6.45, 7) is 3.56. The van der Waals surface area contributed by atoms with Crippen LogP contribution in [0.4, 0.5) is 0 Å². The number of nitriles is 1. The van der Waals surface area contributed by atoms with Crippen molar-refractivity contribution in [2.75, 3.05) is 13.1 Å². The highest BCUT2D eigenvalue weighted by Crippen LogP contribution is 2.31. The number of nitrogens with one attached hydrogen (secondary N) is 1. The van der Waals surface area contributed by atoms with Crippen molar-refractivity contribution in [3.05, 3.63) is 52.2 Å². The van der Waals surface area contributed by atoms with E-state index in [1.165, 1.54) is 12.8 Å². The normalized spacial score (nSPS) is 18.9. The zero-order valence-electron chi connectivity index (χ0n) is 16.9. The van der Waals surface area contributed by atoms with Gasteiger partial charge in [0, 0.05) is 13.1 Å². The predicted molar refractivity (Wildman–Crippen MR) is 111 cm³/mol. The lowest BCUT2D eigenvalue weighted by Gasteiger charge is -2.42. The summed E-state index contributed by atoms with van der Waals surface area (Å²) in [7, 11) is 0. The molecule has 8 nitrogen and oxygen atoms in total. The molecule has 0 amide bonds. The molecule has 30 heavy (non-hydrogen) atoms. The lowest BCUT2D eigenvalue weighted by atomic mass is 10.1. The third kappa shape index (κ3) is 3.35. The van der Waals surface area contributed by atoms with Crippen molar-refractivity contribution >= 4 is 11.0 Å². The molecular formula is C22H24N6O2. The Labute approximate surface area is 174 Å². The Bertz CT molecular complexity index is 1150. The quantitative estimate of drug-likeness (QED) is 0.702. The highest BCUT2D eigenvalue weighted by Gasteiger charge is 2.34. The third-order valence-corrected chi connectivity index (χ3v) is 6.26. The number of likely N-dealkylation sites (tertiary alicyclic amines) is 1. The molecule has 1 atom stereocenters. The van der Waals surface area contributed by atoms with E-state index in [1.54, 1.807) is 18.3 Å². The predicted octanol–water partition coefficient (Wildman–Crippen LogP) is 2.93. The smallest absolute Gasteiger partial charge is 0.262 e. The van der Waals surface area contributed by atoms with E-state index >= 15 is 0 Å². The molecule has 154 valence electrons. The number of ether oxygens (including phenoxy) is 1. The second kappa shape index (κ2) is 7.58. The molecule has 2 aliphatic rings. The topological polar surface area (TPSA) is 99.8 Å². The Hall–Kier alpha value is -3.18. The van der Waals surface area contributed by atoms with Gasteiger partial charge in [-0.05, 0) is 44.0 Å². The zero-order valence-corrected chi connectivity index (χ0v) is 16.9. The number of hydrogen-bond donors (Lipinski definition) is 1. The molecule has 1 unspecified atom stereocenters. The summed E-state index contributed by atoms with van der Waals surface area (Å²) in [5.74, 6) is 1.43. The van der Waals surface area contributed by atoms with E-state index in [4.69, 9.17) is 15.0 Å². The highest BCUT2D eigenvalue weighted by molar-refractivity contribution is 5.73. The molecule has 0 spiro atoms. The molecule has 5 rings (SSSR count). The fourth-order valence-electron chi connectivity index (χ4n) is 4.40. The fourth-order valence-corrected chi connectivity index (χ4v) is 4.40. The maximum atomic E-state index is 12.6. The number of benzene rings is 1. The Morgan fingerprint density at radius 3 is 2.67 bits per heavy atom. The zero-order chi connectivity index (χ0) is 20.7. The first-order chi connectivity index (χ1) is 14.6. The van der Waals surface area contributed by atoms with E-state index in [1.807, 2.05) is 16.8 Å². The second-order valence-corrected chi connectivity index (χ2v) is 8.22. The van der Waals surface area contributed by atoms with Crippen LogP contribution in [0.15, 0.2) is 35.3 Å². The first-order valence-electron chi connectivity index (χ1n) is 10.5. The summed E-state index contributed by atoms with van der Waals surface area (Å²) in [4.78, 5) is 22.6. The molecule has 8 heteroatoms. The van der Waals surface area contributed by atoms with Crippen LogP contribution in [0, 0.1) is 11.3 Å². The van der Waals surface area contributed by atoms with Crippen molar-refractivity contribution in [2.24, 2.45) is 0 Å². The Kier molecular flexibility index (Phi) is 4.75. The Balaban J connectivity index is 1.29. The van der Waals surface area contributed by atoms with Crippen molar-refractivity contribution in [2.45, 2.75) is 50.8 Å². The van der Waals surface area contributed by atoms with Crippen molar-refractivity contribution in [1.29, 1.82) is 5.26 Å². The van der Waals surface area contributed by atoms with E-state index in [9.17, 15) is 4.79 Å². The number of fused-ring (bicyclic) bond motifs is 1. The van der Waals surface area contributed by atoms with Crippen molar-refractivity contribution in [3.8, 4) is 11.8 Å². The monoisotopic (exact) mass is 404 g/mol. The van der Waals surface area contributed by atoms with Crippen LogP contribution in [0.1, 0.15) is 56.1 Å². The summed E-state index contributed by atoms with van der Waals surface area (Å²) in [6, 6.07) is 9.58. The van der Waals surface area contributed by atoms with E-state index in [2.05, 4.69) is 28.0 Å². The van der Waals surface area contributed by atoms with Gasteiger partial charge in [0.25, 0.3) is 5.56 Å². The molecule has 3 aromatic rings. The van der Waals surface area contributed by atoms with Gasteiger partial charge in [-0.1, -0.05) is 12.8 Å². The van der Waals surface area contributed by atoms with Gasteiger partial charge in [0.2, 0.25) is 0 Å². The number of aromatic amines is 1. The van der Waals surface area contributed by atoms with Crippen LogP contribution in [0.3, 0.4) is 0 Å². The molecular weight excluding hydrogens is 380 g/mol. The minimum Gasteiger partial charge on any atom is -0.488 e. The lowest BCUT2D eigenvalue weighted by Crippen LogP contribution is -2.54. The minimum atomic E-state index is -0.128. The Morgan fingerprint density at radius 2 is 1.97 bits per heavy atom. The van der Waals surface area contributed by atoms with Gasteiger partial charge in [0.05, 0.1) is 29.9 Å². The average Bonchev–Trinajstić information content (AvgIpc) is 3.40. The molecule has 1 aliphatic heterocycles. The van der Waals surface area contributed by atoms with Crippen LogP contribution in [-0.4, -0.2) is 43.8 Å². The second-order valence-electron chi connectivity index (χ2n) is 8.22. The molecule has 1 saturated carbocycles. The summed E-state index contributed by atoms with van der Waals surface area (Å²) < 4.78 is 7.92. The van der Waals surface area contributed by atoms with Crippen molar-refractivity contribution in [3.63, 3.8) is 0 Å². The molecule has 0 bridgehead atoms. The third-order valence-electron chi connectivity index (χ3n) is 6.26. The molecule has 2 aromatic heterocycles. The van der Waals surface area contributed by atoms with Crippen molar-refractivity contribution in [1.82, 2.24) is 24.6 Å². The average molecular weight is 404 g/mol. The van der Waals surface area contributed by atoms with Crippen LogP contribution in [0.5, 0.6) is 5.75 Å². The van der Waals surface area contributed by atoms with Gasteiger partial charge in [0.1, 0.15) is 23.1 Å². The number of aromatic nitrogens is 4. The van der Waals surface area contributed by atoms with Gasteiger partial charge in [-0.3, -0.25) is 9.69 Å². The summed E-state index contributed by atoms with van der Waals surface area (Å²) in [5, 5.41) is 13.9. The van der Waals surface area contributed by atoms with Crippen molar-refractivity contribution < 1.29 is 4.74 Å². The minimum absolute atomic E-state index is 0.0187. The maximum Gasteiger partial charge on any atom is 0.262 e. The molecule has 1 aliphatic carbocycles. The van der Waals surface area contributed by atoms with Crippen LogP contribution in [0.25, 0.3) is 11.0 Å². The SMILES string of the molecule is CC(c1nc2c(cnn2C2CCCC2)c(=O)[nH]1)N1CC(Oc2ccc(C#N)cc2)C1. The van der Waals surface area contributed by atoms with E-state index < -0.39 is 0 Å². The molecule has 2 fully saturated rings. The molecule has 1 saturated heterocycles. The first-order valence-corrected chi connectivity index (χ1v) is 10.5. The van der Waals surface area contributed by atoms with E-state index in [0.29, 0.717) is 28.5 Å². The van der Waals surface area contributed by atoms with Crippen LogP contribution in [0.2, 0.25) is 0 Å². The number of H-pyrrole nitrogens is 1. The lowest BCUT2D eigenvalue weighted by molar-refractivity contribution is -0.00735. The number of rotatable bonds is 5. The molecule has 1 aromatic carbocycles. The standard InChI is InChI=1S/C22H24N6O2/c1-14(27-12-18(13-27)30-17-8-6-15(10-23)7-9-17)20-25-21-19(22(29)26-20)11-24-28(21)16-4-2-3-5-16/h6-9,11,14,16,18H,2-5,12-13H2,1H3,(H,25,26,29). The largest absolute Gasteiger partial charge is 0.488 e. The van der Waals surface area contributed by atoms with Gasteiger partial charge in [-0.15, -0.1) is 0 Å². The van der Waals surface area contributed by atoms with Crippen LogP contribution < -0.4 is 10.3 Å². The van der Waals surface area contributed by atoms with E-state index in [0.717, 1.165) is 31.7 Å². The Morgan fingerprint density at radius 1 is 1.23 bits per heavy atom. The summed E-state index contributed by atoms with van der Waals surface area (Å²) in [6.07, 6.45) is 6.31. The highest BCUT2D eigenvalue weighted by atomic mass is 16.5. The van der Waals surface area contributed by atoms with Gasteiger partial charge in [0.15, 0.2) is 5.65 Å². The van der Waals surface area contributed by atoms with Gasteiger partial charge in [-0.2, -0.15) is 10.4 Å². The summed E-state index contributed by atoms with van der Waals surface area (Å²) >= 11 is 0. The van der Waals surface area contributed by atoms with Crippen LogP contribution >= 0.6 is 0 Å². The molecule has 1 N–H and O–H groups in total. The molecule has 0 radical (unpaired) electrons. The van der Waals surface area contributed by atoms with Gasteiger partial charge in [-0.25, -0.2) is 9.67 Å².